The Hall–Kier alpha value is -3.41. The molecule has 1 saturated carbocycles. The second-order valence-electron chi connectivity index (χ2n) is 20.6. The molecule has 3 N–H and O–H groups in total. The summed E-state index contributed by atoms with van der Waals surface area (Å²) in [5.74, 6) is -8.04. The number of ketones is 3. The summed E-state index contributed by atoms with van der Waals surface area (Å²) in [5, 5.41) is 32.8. The van der Waals surface area contributed by atoms with Crippen LogP contribution in [0.3, 0.4) is 0 Å². The number of fused-ring (bicyclic) bond motifs is 3. The van der Waals surface area contributed by atoms with Crippen LogP contribution in [0.1, 0.15) is 132 Å². The number of esters is 1. The fourth-order valence-corrected chi connectivity index (χ4v) is 10.6. The molecule has 15 atom stereocenters. The summed E-state index contributed by atoms with van der Waals surface area (Å²) in [4.78, 5) is 72.3. The molecule has 4 rings (SSSR count). The van der Waals surface area contributed by atoms with Gasteiger partial charge in [0.25, 0.3) is 11.7 Å². The molecule has 1 amide bonds. The van der Waals surface area contributed by atoms with Gasteiger partial charge in [0, 0.05) is 71.7 Å². The Bertz CT molecular complexity index is 1830. The van der Waals surface area contributed by atoms with Crippen LogP contribution in [0.2, 0.25) is 0 Å². The van der Waals surface area contributed by atoms with Gasteiger partial charge in [-0.1, -0.05) is 71.1 Å². The summed E-state index contributed by atoms with van der Waals surface area (Å²) in [6.45, 7) is 13.2. The van der Waals surface area contributed by atoms with Gasteiger partial charge in [-0.25, -0.2) is 4.79 Å². The highest BCUT2D eigenvalue weighted by Gasteiger charge is 2.53. The third-order valence-corrected chi connectivity index (χ3v) is 15.0. The lowest BCUT2D eigenvalue weighted by molar-refractivity contribution is -0.265. The number of hydrogen-bond donors (Lipinski definition) is 3. The van der Waals surface area contributed by atoms with Crippen molar-refractivity contribution in [1.82, 2.24) is 4.90 Å². The maximum atomic E-state index is 14.5. The van der Waals surface area contributed by atoms with E-state index in [9.17, 15) is 39.3 Å². The fourth-order valence-electron chi connectivity index (χ4n) is 10.6. The summed E-state index contributed by atoms with van der Waals surface area (Å²) < 4.78 is 35.9. The standard InChI is InChI=1S/C54H85NO14/c1-33-17-12-11-13-18-34(2)46(65-9)31-41-21-20-39(7)54(63,69-41)51(60)52(61)55-22-15-14-19-44(55)53(62)68-47(36(4)27-40-28-42(64-8)30-43(29-40)67-24-16-23-56)32-45(57)35(3)26-38(6)49(59)50(66-10)48(58)37(5)25-33/h11-13,17-18,26,33,35-37,39-44,46-47,49-50,56,59,63H,14-16,19-25,27-32H2,1-10H3/b13-11+,17-12+,34-18+,38-26+/t33-,35-,36-,37-,39-,40+,41+,42-,43-,44+,46+,47+,49-,50+,54-/m1/s1. The average molecular weight is 972 g/mol. The predicted octanol–water partition coefficient (Wildman–Crippen LogP) is 6.59. The number of nitrogens with zero attached hydrogens (tertiary/aromatic N) is 1. The van der Waals surface area contributed by atoms with Gasteiger partial charge in [-0.3, -0.25) is 19.2 Å². The zero-order valence-corrected chi connectivity index (χ0v) is 43.1. The third-order valence-electron chi connectivity index (χ3n) is 15.0. The Morgan fingerprint density at radius 1 is 0.855 bits per heavy atom. The van der Waals surface area contributed by atoms with Gasteiger partial charge in [-0.05, 0) is 113 Å². The highest BCUT2D eigenvalue weighted by molar-refractivity contribution is 6.39. The monoisotopic (exact) mass is 972 g/mol. The van der Waals surface area contributed by atoms with Crippen molar-refractivity contribution in [3.05, 3.63) is 47.6 Å². The number of hydrogen-bond acceptors (Lipinski definition) is 14. The quantitative estimate of drug-likeness (QED) is 0.0916. The molecule has 2 bridgehead atoms. The smallest absolute Gasteiger partial charge is 0.329 e. The second-order valence-corrected chi connectivity index (χ2v) is 20.6. The van der Waals surface area contributed by atoms with E-state index in [0.717, 1.165) is 12.0 Å². The van der Waals surface area contributed by atoms with E-state index in [1.807, 2.05) is 58.1 Å². The zero-order chi connectivity index (χ0) is 51.0. The van der Waals surface area contributed by atoms with Crippen molar-refractivity contribution in [3.63, 3.8) is 0 Å². The fraction of sp³-hybridized carbons (Fsp3) is 0.759. The molecule has 0 unspecified atom stereocenters. The molecule has 4 aliphatic rings. The minimum absolute atomic E-state index is 0.0147. The predicted molar refractivity (Wildman–Crippen MR) is 261 cm³/mol. The number of carbonyl (C=O) groups is 5. The van der Waals surface area contributed by atoms with Gasteiger partial charge < -0.3 is 48.6 Å². The normalized spacial score (nSPS) is 38.8. The van der Waals surface area contributed by atoms with E-state index in [-0.39, 0.29) is 67.5 Å². The molecule has 0 spiro atoms. The van der Waals surface area contributed by atoms with Gasteiger partial charge in [0.1, 0.15) is 30.1 Å². The summed E-state index contributed by atoms with van der Waals surface area (Å²) >= 11 is 0. The highest BCUT2D eigenvalue weighted by atomic mass is 16.6. The van der Waals surface area contributed by atoms with E-state index >= 15 is 0 Å². The van der Waals surface area contributed by atoms with Gasteiger partial charge in [-0.2, -0.15) is 0 Å². The number of cyclic esters (lactones) is 1. The van der Waals surface area contributed by atoms with Crippen molar-refractivity contribution in [3.8, 4) is 0 Å². The van der Waals surface area contributed by atoms with E-state index < -0.39 is 77.8 Å². The summed E-state index contributed by atoms with van der Waals surface area (Å²) in [5.41, 5.74) is 1.26. The Labute approximate surface area is 411 Å². The van der Waals surface area contributed by atoms with E-state index in [4.69, 9.17) is 28.4 Å². The summed E-state index contributed by atoms with van der Waals surface area (Å²) in [6.07, 6.45) is 12.7. The average Bonchev–Trinajstić information content (AvgIpc) is 3.32. The Morgan fingerprint density at radius 2 is 1.58 bits per heavy atom. The van der Waals surface area contributed by atoms with Gasteiger partial charge in [0.05, 0.1) is 24.4 Å². The highest BCUT2D eigenvalue weighted by Crippen LogP contribution is 2.38. The molecule has 3 aliphatic heterocycles. The second kappa shape index (κ2) is 28.0. The Balaban J connectivity index is 1.71. The number of rotatable bonds is 10. The first kappa shape index (κ1) is 58.2. The van der Waals surface area contributed by atoms with E-state index in [0.29, 0.717) is 76.4 Å². The number of piperidine rings is 1. The van der Waals surface area contributed by atoms with Crippen LogP contribution in [0.4, 0.5) is 0 Å². The van der Waals surface area contributed by atoms with Gasteiger partial charge >= 0.3 is 5.97 Å². The Kier molecular flexibility index (Phi) is 23.6. The van der Waals surface area contributed by atoms with E-state index in [1.165, 1.54) is 12.0 Å². The molecule has 15 nitrogen and oxygen atoms in total. The minimum Gasteiger partial charge on any atom is -0.460 e. The first-order valence-electron chi connectivity index (χ1n) is 25.5. The maximum absolute atomic E-state index is 14.5. The SMILES string of the molecule is CO[C@@H]1C[C@H](C[C@@H](C)[C@@H]2CC(=O)[C@H](C)/C=C(\C)[C@@H](O)[C@@H](OC)C(=O)[C@H](C)C[C@H](C)/C=C/C=C/C=C(\C)[C@@H](OC)C[C@@H]3CC[C@@H](C)[C@@](O)(O3)C(=O)C(=O)N3CCCC[C@H]3C(=O)O2)C[C@@H](OCCCO)C1. The first-order chi connectivity index (χ1) is 32.8. The van der Waals surface area contributed by atoms with E-state index in [1.54, 1.807) is 41.1 Å². The molecule has 1 aliphatic carbocycles. The molecule has 0 aromatic carbocycles. The van der Waals surface area contributed by atoms with Crippen molar-refractivity contribution in [1.29, 1.82) is 0 Å². The minimum atomic E-state index is -2.44. The van der Waals surface area contributed by atoms with Gasteiger partial charge in [-0.15, -0.1) is 0 Å². The van der Waals surface area contributed by atoms with Crippen molar-refractivity contribution < 1.29 is 67.7 Å². The lowest BCUT2D eigenvalue weighted by Crippen LogP contribution is -2.61. The summed E-state index contributed by atoms with van der Waals surface area (Å²) in [7, 11) is 4.62. The van der Waals surface area contributed by atoms with Crippen molar-refractivity contribution in [2.24, 2.45) is 35.5 Å². The number of amides is 1. The molecular formula is C54H85NO14. The van der Waals surface area contributed by atoms with Crippen LogP contribution >= 0.6 is 0 Å². The third kappa shape index (κ3) is 16.3. The van der Waals surface area contributed by atoms with Crippen LogP contribution in [0.25, 0.3) is 0 Å². The molecule has 390 valence electrons. The molecule has 0 aromatic rings. The molecule has 0 radical (unpaired) electrons. The molecule has 3 heterocycles. The van der Waals surface area contributed by atoms with Gasteiger partial charge in [0.15, 0.2) is 5.78 Å². The number of aliphatic hydroxyl groups excluding tert-OH is 2. The van der Waals surface area contributed by atoms with E-state index in [2.05, 4.69) is 0 Å². The molecule has 15 heteroatoms. The molecule has 69 heavy (non-hydrogen) atoms. The summed E-state index contributed by atoms with van der Waals surface area (Å²) in [6, 6.07) is -1.15. The largest absolute Gasteiger partial charge is 0.460 e. The van der Waals surface area contributed by atoms with Crippen LogP contribution in [-0.4, -0.2) is 145 Å². The molecule has 3 fully saturated rings. The molecule has 0 aromatic heterocycles. The first-order valence-corrected chi connectivity index (χ1v) is 25.5. The number of methoxy groups -OCH3 is 3. The van der Waals surface area contributed by atoms with Crippen molar-refractivity contribution in [2.75, 3.05) is 41.1 Å². The van der Waals surface area contributed by atoms with Crippen LogP contribution in [0, 0.1) is 35.5 Å². The lowest BCUT2D eigenvalue weighted by Gasteiger charge is -2.42. The van der Waals surface area contributed by atoms with Crippen LogP contribution in [-0.2, 0) is 52.4 Å². The zero-order valence-electron chi connectivity index (χ0n) is 43.1. The van der Waals surface area contributed by atoms with Gasteiger partial charge in [0.2, 0.25) is 5.79 Å². The molecule has 2 saturated heterocycles. The van der Waals surface area contributed by atoms with Crippen molar-refractivity contribution >= 4 is 29.2 Å². The molecular weight excluding hydrogens is 887 g/mol. The number of ether oxygens (including phenoxy) is 6. The number of carbonyl (C=O) groups excluding carboxylic acids is 5. The topological polar surface area (TPSA) is 205 Å². The Morgan fingerprint density at radius 3 is 2.26 bits per heavy atom. The van der Waals surface area contributed by atoms with Crippen molar-refractivity contribution in [2.45, 2.75) is 186 Å². The number of aliphatic hydroxyl groups is 3. The van der Waals surface area contributed by atoms with Crippen LogP contribution in [0.5, 0.6) is 0 Å². The number of Topliss-reactive ketones (excluding diaryl/α,β-unsaturated/α-hetero) is 3. The maximum Gasteiger partial charge on any atom is 0.329 e. The number of allylic oxidation sites excluding steroid dienone is 6. The van der Waals surface area contributed by atoms with Crippen LogP contribution < -0.4 is 0 Å². The van der Waals surface area contributed by atoms with Crippen LogP contribution in [0.15, 0.2) is 47.6 Å². The lowest BCUT2D eigenvalue weighted by atomic mass is 9.78.